The fraction of sp³-hybridized carbons (Fsp3) is 0.458. The molecule has 1 amide bonds. The normalized spacial score (nSPS) is 26.9. The van der Waals surface area contributed by atoms with Gasteiger partial charge in [0.05, 0.1) is 13.2 Å². The highest BCUT2D eigenvalue weighted by Crippen LogP contribution is 2.33. The Hall–Kier alpha value is -2.57. The molecule has 4 aliphatic rings. The highest BCUT2D eigenvalue weighted by Gasteiger charge is 2.35. The fourth-order valence-electron chi connectivity index (χ4n) is 4.60. The Labute approximate surface area is 177 Å². The van der Waals surface area contributed by atoms with Gasteiger partial charge in [-0.25, -0.2) is 0 Å². The number of nitrogens with one attached hydrogen (secondary N) is 1. The molecule has 6 heteroatoms. The Morgan fingerprint density at radius 3 is 2.70 bits per heavy atom. The molecule has 0 aliphatic carbocycles. The van der Waals surface area contributed by atoms with E-state index in [-0.39, 0.29) is 18.1 Å². The minimum absolute atomic E-state index is 0.0338. The first-order valence-electron chi connectivity index (χ1n) is 10.8. The van der Waals surface area contributed by atoms with E-state index >= 15 is 0 Å². The van der Waals surface area contributed by atoms with Gasteiger partial charge in [-0.05, 0) is 55.6 Å². The van der Waals surface area contributed by atoms with Crippen LogP contribution in [0.15, 0.2) is 48.5 Å². The van der Waals surface area contributed by atoms with Crippen molar-refractivity contribution in [2.24, 2.45) is 5.92 Å². The van der Waals surface area contributed by atoms with Crippen LogP contribution >= 0.6 is 0 Å². The highest BCUT2D eigenvalue weighted by atomic mass is 16.6. The van der Waals surface area contributed by atoms with Crippen LogP contribution in [0.2, 0.25) is 0 Å². The molecular weight excluding hydrogens is 380 g/mol. The van der Waals surface area contributed by atoms with Gasteiger partial charge in [-0.1, -0.05) is 30.3 Å². The van der Waals surface area contributed by atoms with Gasteiger partial charge >= 0.3 is 0 Å². The second-order valence-corrected chi connectivity index (χ2v) is 8.43. The van der Waals surface area contributed by atoms with Gasteiger partial charge in [-0.2, -0.15) is 0 Å². The number of rotatable bonds is 6. The van der Waals surface area contributed by atoms with Gasteiger partial charge in [0.2, 0.25) is 0 Å². The fourth-order valence-corrected chi connectivity index (χ4v) is 4.60. The maximum absolute atomic E-state index is 12.8. The molecule has 6 rings (SSSR count). The number of fused-ring (bicyclic) bond motifs is 4. The van der Waals surface area contributed by atoms with Gasteiger partial charge in [-0.3, -0.25) is 4.79 Å². The molecule has 0 spiro atoms. The minimum Gasteiger partial charge on any atom is -0.486 e. The van der Waals surface area contributed by atoms with Crippen LogP contribution in [0.4, 0.5) is 0 Å². The number of carbonyl (C=O) groups excluding carboxylic acids is 1. The number of piperidine rings is 3. The second kappa shape index (κ2) is 8.66. The van der Waals surface area contributed by atoms with Crippen LogP contribution in [-0.2, 0) is 11.3 Å². The van der Waals surface area contributed by atoms with Gasteiger partial charge in [-0.15, -0.1) is 0 Å². The molecule has 2 bridgehead atoms. The van der Waals surface area contributed by atoms with E-state index in [9.17, 15) is 4.79 Å². The molecular formula is C24H28N2O4. The summed E-state index contributed by atoms with van der Waals surface area (Å²) in [6.45, 7) is 4.70. The molecule has 2 aromatic carbocycles. The van der Waals surface area contributed by atoms with E-state index in [4.69, 9.17) is 14.2 Å². The Kier molecular flexibility index (Phi) is 5.60. The summed E-state index contributed by atoms with van der Waals surface area (Å²) in [5.41, 5.74) is 1.75. The van der Waals surface area contributed by atoms with Crippen molar-refractivity contribution in [1.29, 1.82) is 0 Å². The Bertz CT molecular complexity index is 880. The van der Waals surface area contributed by atoms with Gasteiger partial charge in [0.15, 0.2) is 17.6 Å². The van der Waals surface area contributed by atoms with E-state index in [2.05, 4.69) is 10.2 Å². The van der Waals surface area contributed by atoms with Crippen LogP contribution in [0.1, 0.15) is 28.8 Å². The third kappa shape index (κ3) is 4.30. The molecule has 158 valence electrons. The summed E-state index contributed by atoms with van der Waals surface area (Å²) in [5.74, 6) is 1.85. The quantitative estimate of drug-likeness (QED) is 0.797. The monoisotopic (exact) mass is 408 g/mol. The average molecular weight is 408 g/mol. The zero-order valence-corrected chi connectivity index (χ0v) is 17.1. The molecule has 3 fully saturated rings. The summed E-state index contributed by atoms with van der Waals surface area (Å²) in [4.78, 5) is 15.2. The molecule has 30 heavy (non-hydrogen) atoms. The molecule has 6 nitrogen and oxygen atoms in total. The van der Waals surface area contributed by atoms with Crippen molar-refractivity contribution in [3.8, 4) is 11.5 Å². The van der Waals surface area contributed by atoms with E-state index in [1.54, 1.807) is 6.07 Å². The number of amides is 1. The summed E-state index contributed by atoms with van der Waals surface area (Å²) in [6, 6.07) is 15.7. The maximum atomic E-state index is 12.8. The maximum Gasteiger partial charge on any atom is 0.251 e. The van der Waals surface area contributed by atoms with Crippen LogP contribution in [-0.4, -0.2) is 55.8 Å². The van der Waals surface area contributed by atoms with Crippen LogP contribution < -0.4 is 14.8 Å². The summed E-state index contributed by atoms with van der Waals surface area (Å²) < 4.78 is 17.7. The molecule has 0 aromatic heterocycles. The molecule has 4 heterocycles. The highest BCUT2D eigenvalue weighted by molar-refractivity contribution is 5.95. The second-order valence-electron chi connectivity index (χ2n) is 8.43. The first-order valence-corrected chi connectivity index (χ1v) is 10.8. The van der Waals surface area contributed by atoms with Crippen LogP contribution in [0.3, 0.4) is 0 Å². The number of benzene rings is 2. The number of hydrogen-bond donors (Lipinski definition) is 1. The largest absolute Gasteiger partial charge is 0.486 e. The van der Waals surface area contributed by atoms with Gasteiger partial charge in [0, 0.05) is 18.2 Å². The molecule has 4 aliphatic heterocycles. The standard InChI is InChI=1S/C24H28N2O4/c27-24(25-21-13-26-10-8-18(21)9-11-26)19-6-7-22-23(12-19)29-16-20(30-22)15-28-14-17-4-2-1-3-5-17/h1-7,12,18,20-21H,8-11,13-16H2,(H,25,27). The van der Waals surface area contributed by atoms with E-state index in [0.717, 1.165) is 25.2 Å². The van der Waals surface area contributed by atoms with Crippen molar-refractivity contribution in [2.75, 3.05) is 32.8 Å². The molecule has 2 atom stereocenters. The lowest BCUT2D eigenvalue weighted by Gasteiger charge is -2.44. The van der Waals surface area contributed by atoms with E-state index < -0.39 is 0 Å². The lowest BCUT2D eigenvalue weighted by molar-refractivity contribution is 0.00267. The average Bonchev–Trinajstić information content (AvgIpc) is 2.80. The Morgan fingerprint density at radius 2 is 1.93 bits per heavy atom. The topological polar surface area (TPSA) is 60.0 Å². The third-order valence-corrected chi connectivity index (χ3v) is 6.31. The SMILES string of the molecule is O=C(NC1CN2CCC1CC2)c1ccc2c(c1)OCC(COCc1ccccc1)O2. The van der Waals surface area contributed by atoms with Gasteiger partial charge < -0.3 is 24.4 Å². The Balaban J connectivity index is 1.15. The molecule has 0 radical (unpaired) electrons. The van der Waals surface area contributed by atoms with Crippen molar-refractivity contribution in [2.45, 2.75) is 31.6 Å². The van der Waals surface area contributed by atoms with E-state index in [0.29, 0.717) is 42.8 Å². The van der Waals surface area contributed by atoms with Crippen LogP contribution in [0, 0.1) is 5.92 Å². The van der Waals surface area contributed by atoms with Gasteiger partial charge in [0.1, 0.15) is 6.61 Å². The lowest BCUT2D eigenvalue weighted by atomic mass is 9.84. The minimum atomic E-state index is -0.160. The molecule has 1 N–H and O–H groups in total. The smallest absolute Gasteiger partial charge is 0.251 e. The molecule has 3 saturated heterocycles. The third-order valence-electron chi connectivity index (χ3n) is 6.31. The summed E-state index contributed by atoms with van der Waals surface area (Å²) in [6.07, 6.45) is 2.20. The van der Waals surface area contributed by atoms with Crippen LogP contribution in [0.5, 0.6) is 11.5 Å². The van der Waals surface area contributed by atoms with E-state index in [1.165, 1.54) is 12.8 Å². The first kappa shape index (κ1) is 19.4. The summed E-state index contributed by atoms with van der Waals surface area (Å²) in [7, 11) is 0. The first-order chi connectivity index (χ1) is 14.7. The van der Waals surface area contributed by atoms with Crippen LogP contribution in [0.25, 0.3) is 0 Å². The zero-order valence-electron chi connectivity index (χ0n) is 17.1. The molecule has 0 saturated carbocycles. The lowest BCUT2D eigenvalue weighted by Crippen LogP contribution is -2.57. The number of nitrogens with zero attached hydrogens (tertiary/aromatic N) is 1. The molecule has 2 unspecified atom stereocenters. The zero-order chi connectivity index (χ0) is 20.3. The number of carbonyl (C=O) groups is 1. The van der Waals surface area contributed by atoms with Gasteiger partial charge in [0.25, 0.3) is 5.91 Å². The van der Waals surface area contributed by atoms with Crippen molar-refractivity contribution in [3.05, 3.63) is 59.7 Å². The number of hydrogen-bond acceptors (Lipinski definition) is 5. The van der Waals surface area contributed by atoms with Crippen molar-refractivity contribution < 1.29 is 19.0 Å². The predicted octanol–water partition coefficient (Wildman–Crippen LogP) is 2.87. The van der Waals surface area contributed by atoms with E-state index in [1.807, 2.05) is 42.5 Å². The summed E-state index contributed by atoms with van der Waals surface area (Å²) in [5, 5.41) is 3.23. The van der Waals surface area contributed by atoms with Crippen molar-refractivity contribution >= 4 is 5.91 Å². The van der Waals surface area contributed by atoms with Crippen molar-refractivity contribution in [1.82, 2.24) is 10.2 Å². The summed E-state index contributed by atoms with van der Waals surface area (Å²) >= 11 is 0. The van der Waals surface area contributed by atoms with Crippen molar-refractivity contribution in [3.63, 3.8) is 0 Å². The number of ether oxygens (including phenoxy) is 3. The predicted molar refractivity (Wildman–Crippen MR) is 113 cm³/mol. The molecule has 2 aromatic rings. The Morgan fingerprint density at radius 1 is 1.10 bits per heavy atom.